The molecule has 1 heterocycles. The molecule has 1 atom stereocenters. The molecule has 2 N–H and O–H groups in total. The first-order chi connectivity index (χ1) is 11.2. The minimum absolute atomic E-state index is 0. The van der Waals surface area contributed by atoms with Crippen molar-refractivity contribution in [2.45, 2.75) is 29.5 Å². The van der Waals surface area contributed by atoms with Crippen LogP contribution in [-0.2, 0) is 19.4 Å². The van der Waals surface area contributed by atoms with Gasteiger partial charge in [0.2, 0.25) is 15.7 Å². The molecule has 0 spiro atoms. The minimum atomic E-state index is -4.68. The molecule has 140 valence electrons. The molecule has 1 fully saturated rings. The number of hydrogen-bond acceptors (Lipinski definition) is 5. The number of amides is 1. The maximum absolute atomic E-state index is 12.4. The highest BCUT2D eigenvalue weighted by atomic mass is 35.5. The molecule has 25 heavy (non-hydrogen) atoms. The number of aliphatic carboxylic acids is 1. The quantitative estimate of drug-likeness (QED) is 0.754. The van der Waals surface area contributed by atoms with E-state index < -0.39 is 38.4 Å². The number of hydrogen-bond donors (Lipinski definition) is 2. The Morgan fingerprint density at radius 2 is 1.88 bits per heavy atom. The molecule has 1 aromatic rings. The lowest BCUT2D eigenvalue weighted by Gasteiger charge is -2.20. The van der Waals surface area contributed by atoms with Crippen LogP contribution in [0.15, 0.2) is 29.2 Å². The van der Waals surface area contributed by atoms with Crippen molar-refractivity contribution >= 4 is 39.8 Å². The number of carboxylic acids is 1. The summed E-state index contributed by atoms with van der Waals surface area (Å²) in [6.07, 6.45) is 1.16. The van der Waals surface area contributed by atoms with Crippen molar-refractivity contribution in [3.8, 4) is 0 Å². The van der Waals surface area contributed by atoms with Crippen LogP contribution in [0.2, 0.25) is 0 Å². The molecule has 7 nitrogen and oxygen atoms in total. The summed E-state index contributed by atoms with van der Waals surface area (Å²) >= 11 is 0. The molecule has 1 saturated heterocycles. The van der Waals surface area contributed by atoms with Gasteiger partial charge in [-0.25, -0.2) is 8.42 Å². The number of carbonyl (C=O) groups is 2. The van der Waals surface area contributed by atoms with E-state index in [1.165, 1.54) is 17.0 Å². The molecule has 1 amide bonds. The number of carboxylic acid groups (broad SMARTS) is 1. The topological polar surface area (TPSA) is 104 Å². The van der Waals surface area contributed by atoms with Gasteiger partial charge in [0.1, 0.15) is 6.04 Å². The number of likely N-dealkylation sites (tertiary alicyclic amines) is 1. The molecule has 0 aliphatic carbocycles. The van der Waals surface area contributed by atoms with Crippen LogP contribution in [0.25, 0.3) is 0 Å². The molecule has 11 heteroatoms. The zero-order valence-corrected chi connectivity index (χ0v) is 14.5. The van der Waals surface area contributed by atoms with Gasteiger partial charge in [-0.15, -0.1) is 12.4 Å². The Balaban J connectivity index is 0.00000312. The van der Waals surface area contributed by atoms with Crippen molar-refractivity contribution in [1.29, 1.82) is 0 Å². The largest absolute Gasteiger partial charge is 0.480 e. The van der Waals surface area contributed by atoms with Gasteiger partial charge in [-0.3, -0.25) is 14.5 Å². The summed E-state index contributed by atoms with van der Waals surface area (Å²) in [5, 5.41) is 11.5. The second-order valence-electron chi connectivity index (χ2n) is 5.34. The molecule has 0 bridgehead atoms. The third kappa shape index (κ3) is 5.10. The first-order valence-electron chi connectivity index (χ1n) is 7.10. The molecule has 2 rings (SSSR count). The molecular weight excluding hydrogens is 382 g/mol. The summed E-state index contributed by atoms with van der Waals surface area (Å²) in [6.45, 7) is 0.379. The summed E-state index contributed by atoms with van der Waals surface area (Å²) in [5.41, 5.74) is 0.235. The highest BCUT2D eigenvalue weighted by Crippen LogP contribution is 2.21. The first-order valence-corrected chi connectivity index (χ1v) is 8.65. The standard InChI is InChI=1S/C14H16F2N2O5S.ClH/c15-14(16)24(22,23)10-5-3-9(4-6-10)17-12(19)8-18-7-1-2-11(18)13(20)21;/h3-6,11,14H,1-2,7-8H2,(H,17,19)(H,20,21);1H/t11-;/m0./s1. The normalized spacial score (nSPS) is 18.0. The fourth-order valence-corrected chi connectivity index (χ4v) is 3.23. The lowest BCUT2D eigenvalue weighted by Crippen LogP contribution is -2.40. The number of rotatable bonds is 6. The second-order valence-corrected chi connectivity index (χ2v) is 7.26. The van der Waals surface area contributed by atoms with E-state index in [4.69, 9.17) is 5.11 Å². The van der Waals surface area contributed by atoms with Gasteiger partial charge < -0.3 is 10.4 Å². The van der Waals surface area contributed by atoms with Crippen molar-refractivity contribution in [2.24, 2.45) is 0 Å². The summed E-state index contributed by atoms with van der Waals surface area (Å²) in [5.74, 6) is -4.96. The number of carbonyl (C=O) groups excluding carboxylic acids is 1. The van der Waals surface area contributed by atoms with Gasteiger partial charge in [0.15, 0.2) is 0 Å². The van der Waals surface area contributed by atoms with Gasteiger partial charge in [0.05, 0.1) is 11.4 Å². The lowest BCUT2D eigenvalue weighted by atomic mass is 10.2. The van der Waals surface area contributed by atoms with Crippen molar-refractivity contribution in [1.82, 2.24) is 4.90 Å². The van der Waals surface area contributed by atoms with E-state index in [-0.39, 0.29) is 24.6 Å². The molecule has 1 aliphatic rings. The van der Waals surface area contributed by atoms with Gasteiger partial charge in [-0.2, -0.15) is 8.78 Å². The van der Waals surface area contributed by atoms with E-state index in [9.17, 15) is 26.8 Å². The maximum atomic E-state index is 12.4. The van der Waals surface area contributed by atoms with Crippen LogP contribution in [-0.4, -0.2) is 55.2 Å². The van der Waals surface area contributed by atoms with Crippen molar-refractivity contribution in [3.63, 3.8) is 0 Å². The summed E-state index contributed by atoms with van der Waals surface area (Å²) < 4.78 is 47.4. The van der Waals surface area contributed by atoms with E-state index in [1.54, 1.807) is 0 Å². The average molecular weight is 399 g/mol. The van der Waals surface area contributed by atoms with Crippen molar-refractivity contribution in [2.75, 3.05) is 18.4 Å². The molecule has 1 aromatic carbocycles. The van der Waals surface area contributed by atoms with Crippen LogP contribution < -0.4 is 5.32 Å². The highest BCUT2D eigenvalue weighted by Gasteiger charge is 2.31. The number of anilines is 1. The van der Waals surface area contributed by atoms with Crippen molar-refractivity contribution in [3.05, 3.63) is 24.3 Å². The number of sulfone groups is 1. The van der Waals surface area contributed by atoms with Gasteiger partial charge in [-0.05, 0) is 43.7 Å². The van der Waals surface area contributed by atoms with E-state index in [0.29, 0.717) is 19.4 Å². The Labute approximate surface area is 149 Å². The highest BCUT2D eigenvalue weighted by molar-refractivity contribution is 7.91. The Morgan fingerprint density at radius 3 is 2.40 bits per heavy atom. The van der Waals surface area contributed by atoms with Gasteiger partial charge >= 0.3 is 11.7 Å². The zero-order chi connectivity index (χ0) is 17.9. The monoisotopic (exact) mass is 398 g/mol. The fourth-order valence-electron chi connectivity index (χ4n) is 2.51. The second kappa shape index (κ2) is 8.54. The summed E-state index contributed by atoms with van der Waals surface area (Å²) in [6, 6.07) is 3.66. The first kappa shape index (κ1) is 21.3. The predicted octanol–water partition coefficient (Wildman–Crippen LogP) is 1.59. The minimum Gasteiger partial charge on any atom is -0.480 e. The average Bonchev–Trinajstić information content (AvgIpc) is 2.95. The summed E-state index contributed by atoms with van der Waals surface area (Å²) in [4.78, 5) is 24.0. The van der Waals surface area contributed by atoms with Crippen LogP contribution in [0.1, 0.15) is 12.8 Å². The predicted molar refractivity (Wildman–Crippen MR) is 87.7 cm³/mol. The zero-order valence-electron chi connectivity index (χ0n) is 12.9. The Kier molecular flexibility index (Phi) is 7.27. The Morgan fingerprint density at radius 1 is 1.28 bits per heavy atom. The third-order valence-electron chi connectivity index (χ3n) is 3.70. The van der Waals surface area contributed by atoms with Crippen LogP contribution in [0, 0.1) is 0 Å². The van der Waals surface area contributed by atoms with Crippen LogP contribution in [0.3, 0.4) is 0 Å². The van der Waals surface area contributed by atoms with E-state index in [0.717, 1.165) is 12.1 Å². The Bertz CT molecular complexity index is 727. The molecule has 0 aromatic heterocycles. The van der Waals surface area contributed by atoms with Crippen LogP contribution in [0.4, 0.5) is 14.5 Å². The molecule has 0 saturated carbocycles. The molecule has 0 radical (unpaired) electrons. The number of nitrogens with zero attached hydrogens (tertiary/aromatic N) is 1. The van der Waals surface area contributed by atoms with Crippen LogP contribution >= 0.6 is 12.4 Å². The third-order valence-corrected chi connectivity index (χ3v) is 5.09. The number of nitrogens with one attached hydrogen (secondary N) is 1. The number of alkyl halides is 2. The van der Waals surface area contributed by atoms with E-state index >= 15 is 0 Å². The number of benzene rings is 1. The smallest absolute Gasteiger partial charge is 0.341 e. The Hall–Kier alpha value is -1.78. The lowest BCUT2D eigenvalue weighted by molar-refractivity contribution is -0.142. The maximum Gasteiger partial charge on any atom is 0.341 e. The van der Waals surface area contributed by atoms with Gasteiger partial charge in [-0.1, -0.05) is 0 Å². The molecule has 1 aliphatic heterocycles. The van der Waals surface area contributed by atoms with E-state index in [1.807, 2.05) is 0 Å². The SMILES string of the molecule is Cl.O=C(CN1CCC[C@H]1C(=O)O)Nc1ccc(S(=O)(=O)C(F)F)cc1. The van der Waals surface area contributed by atoms with Crippen molar-refractivity contribution < 1.29 is 31.9 Å². The van der Waals surface area contributed by atoms with E-state index in [2.05, 4.69) is 5.32 Å². The van der Waals surface area contributed by atoms with Gasteiger partial charge in [0.25, 0.3) is 0 Å². The molecular formula is C14H17ClF2N2O5S. The number of halogens is 3. The van der Waals surface area contributed by atoms with Crippen LogP contribution in [0.5, 0.6) is 0 Å². The van der Waals surface area contributed by atoms with Gasteiger partial charge in [0, 0.05) is 5.69 Å². The summed E-state index contributed by atoms with van der Waals surface area (Å²) in [7, 11) is -4.68. The molecule has 0 unspecified atom stereocenters. The fraction of sp³-hybridized carbons (Fsp3) is 0.429.